The molecule has 2 heterocycles. The molecular formula is C16H30F3IN4O. The van der Waals surface area contributed by atoms with Gasteiger partial charge in [-0.2, -0.15) is 13.2 Å². The zero-order chi connectivity index (χ0) is 17.6. The Balaban J connectivity index is 0.00000312. The van der Waals surface area contributed by atoms with E-state index in [0.29, 0.717) is 13.1 Å². The molecule has 1 N–H and O–H groups in total. The van der Waals surface area contributed by atoms with Crippen molar-refractivity contribution in [2.24, 2.45) is 10.4 Å². The van der Waals surface area contributed by atoms with E-state index in [1.165, 1.54) is 24.8 Å². The molecule has 0 bridgehead atoms. The zero-order valence-electron chi connectivity index (χ0n) is 15.1. The molecule has 1 atom stereocenters. The first-order valence-electron chi connectivity index (χ1n) is 8.62. The van der Waals surface area contributed by atoms with Crippen molar-refractivity contribution in [3.8, 4) is 0 Å². The van der Waals surface area contributed by atoms with Crippen LogP contribution in [0.2, 0.25) is 0 Å². The second-order valence-corrected chi connectivity index (χ2v) is 7.01. The lowest BCUT2D eigenvalue weighted by molar-refractivity contribution is -0.142. The molecule has 0 amide bonds. The molecule has 0 aromatic rings. The van der Waals surface area contributed by atoms with Crippen LogP contribution in [0.15, 0.2) is 4.99 Å². The normalized spacial score (nSPS) is 25.2. The van der Waals surface area contributed by atoms with Crippen LogP contribution in [0, 0.1) is 5.41 Å². The van der Waals surface area contributed by atoms with Gasteiger partial charge >= 0.3 is 6.18 Å². The molecule has 9 heteroatoms. The van der Waals surface area contributed by atoms with Crippen molar-refractivity contribution in [1.29, 1.82) is 0 Å². The van der Waals surface area contributed by atoms with Gasteiger partial charge in [0.25, 0.3) is 0 Å². The van der Waals surface area contributed by atoms with Crippen LogP contribution in [0.3, 0.4) is 0 Å². The summed E-state index contributed by atoms with van der Waals surface area (Å²) in [5.74, 6) is 0.778. The van der Waals surface area contributed by atoms with Gasteiger partial charge in [-0.25, -0.2) is 0 Å². The molecular weight excluding hydrogens is 448 g/mol. The van der Waals surface area contributed by atoms with Gasteiger partial charge in [0, 0.05) is 45.2 Å². The highest BCUT2D eigenvalue weighted by Crippen LogP contribution is 2.37. The number of guanidine groups is 1. The number of likely N-dealkylation sites (N-methyl/N-ethyl adjacent to an activating group) is 1. The van der Waals surface area contributed by atoms with Gasteiger partial charge in [-0.3, -0.25) is 9.89 Å². The lowest BCUT2D eigenvalue weighted by atomic mass is 9.76. The van der Waals surface area contributed by atoms with Crippen LogP contribution < -0.4 is 5.32 Å². The number of nitrogens with one attached hydrogen (secondary N) is 1. The highest BCUT2D eigenvalue weighted by atomic mass is 127. The van der Waals surface area contributed by atoms with E-state index in [4.69, 9.17) is 4.74 Å². The van der Waals surface area contributed by atoms with Crippen LogP contribution in [0.25, 0.3) is 0 Å². The molecule has 0 saturated carbocycles. The highest BCUT2D eigenvalue weighted by Gasteiger charge is 2.38. The van der Waals surface area contributed by atoms with Gasteiger partial charge < -0.3 is 15.0 Å². The minimum absolute atomic E-state index is 0. The van der Waals surface area contributed by atoms with Crippen LogP contribution in [-0.4, -0.2) is 82.0 Å². The summed E-state index contributed by atoms with van der Waals surface area (Å²) in [6, 6.07) is 0. The zero-order valence-corrected chi connectivity index (χ0v) is 17.4. The van der Waals surface area contributed by atoms with E-state index in [2.05, 4.69) is 15.2 Å². The molecule has 25 heavy (non-hydrogen) atoms. The van der Waals surface area contributed by atoms with Crippen LogP contribution in [0.4, 0.5) is 13.2 Å². The van der Waals surface area contributed by atoms with Crippen LogP contribution in [-0.2, 0) is 4.74 Å². The largest absolute Gasteiger partial charge is 0.401 e. The summed E-state index contributed by atoms with van der Waals surface area (Å²) in [5, 5.41) is 3.20. The number of hydrogen-bond acceptors (Lipinski definition) is 3. The fourth-order valence-electron chi connectivity index (χ4n) is 3.70. The SMILES string of the molecule is CN=C(NCCN(C)CC(F)(F)F)N1CCCC2(CCCOC2)C1.I. The number of likely N-dealkylation sites (tertiary alicyclic amines) is 1. The number of rotatable bonds is 4. The Hall–Kier alpha value is -0.290. The third-order valence-corrected chi connectivity index (χ3v) is 4.80. The van der Waals surface area contributed by atoms with Crippen molar-refractivity contribution >= 4 is 29.9 Å². The van der Waals surface area contributed by atoms with Gasteiger partial charge in [0.2, 0.25) is 0 Å². The van der Waals surface area contributed by atoms with Crippen molar-refractivity contribution in [2.75, 3.05) is 60.0 Å². The predicted molar refractivity (Wildman–Crippen MR) is 104 cm³/mol. The van der Waals surface area contributed by atoms with Crippen molar-refractivity contribution in [1.82, 2.24) is 15.1 Å². The Morgan fingerprint density at radius 3 is 2.64 bits per heavy atom. The first-order valence-corrected chi connectivity index (χ1v) is 8.62. The Morgan fingerprint density at radius 1 is 1.32 bits per heavy atom. The molecule has 1 unspecified atom stereocenters. The highest BCUT2D eigenvalue weighted by molar-refractivity contribution is 14.0. The Labute approximate surface area is 165 Å². The van der Waals surface area contributed by atoms with Crippen LogP contribution in [0.5, 0.6) is 0 Å². The monoisotopic (exact) mass is 478 g/mol. The second kappa shape index (κ2) is 10.1. The summed E-state index contributed by atoms with van der Waals surface area (Å²) >= 11 is 0. The Bertz CT molecular complexity index is 423. The summed E-state index contributed by atoms with van der Waals surface area (Å²) in [6.07, 6.45) is 0.389. The molecule has 0 radical (unpaired) electrons. The summed E-state index contributed by atoms with van der Waals surface area (Å²) in [6.45, 7) is 3.36. The van der Waals surface area contributed by atoms with Gasteiger partial charge in [-0.15, -0.1) is 24.0 Å². The maximum atomic E-state index is 12.3. The fourth-order valence-corrected chi connectivity index (χ4v) is 3.70. The first kappa shape index (κ1) is 22.8. The molecule has 0 aliphatic carbocycles. The number of halogens is 4. The van der Waals surface area contributed by atoms with Crippen molar-refractivity contribution < 1.29 is 17.9 Å². The lowest BCUT2D eigenvalue weighted by Gasteiger charge is -2.45. The van der Waals surface area contributed by atoms with E-state index in [-0.39, 0.29) is 29.4 Å². The third-order valence-electron chi connectivity index (χ3n) is 4.80. The molecule has 2 aliphatic heterocycles. The van der Waals surface area contributed by atoms with E-state index >= 15 is 0 Å². The van der Waals surface area contributed by atoms with Crippen LogP contribution >= 0.6 is 24.0 Å². The molecule has 148 valence electrons. The maximum Gasteiger partial charge on any atom is 0.401 e. The number of alkyl halides is 3. The van der Waals surface area contributed by atoms with E-state index in [1.54, 1.807) is 7.05 Å². The van der Waals surface area contributed by atoms with Gasteiger partial charge in [-0.05, 0) is 32.7 Å². The number of nitrogens with zero attached hydrogens (tertiary/aromatic N) is 3. The second-order valence-electron chi connectivity index (χ2n) is 7.01. The topological polar surface area (TPSA) is 40.1 Å². The third kappa shape index (κ3) is 7.46. The Kier molecular flexibility index (Phi) is 9.24. The summed E-state index contributed by atoms with van der Waals surface area (Å²) in [4.78, 5) is 7.81. The molecule has 0 aromatic carbocycles. The smallest absolute Gasteiger partial charge is 0.381 e. The van der Waals surface area contributed by atoms with E-state index in [1.807, 2.05) is 0 Å². The van der Waals surface area contributed by atoms with Gasteiger partial charge in [0.05, 0.1) is 13.2 Å². The molecule has 2 fully saturated rings. The minimum Gasteiger partial charge on any atom is -0.381 e. The average Bonchev–Trinajstić information content (AvgIpc) is 2.50. The molecule has 1 spiro atoms. The first-order chi connectivity index (χ1) is 11.3. The quantitative estimate of drug-likeness (QED) is 0.383. The fraction of sp³-hybridized carbons (Fsp3) is 0.938. The maximum absolute atomic E-state index is 12.3. The molecule has 2 aliphatic rings. The van der Waals surface area contributed by atoms with Crippen LogP contribution in [0.1, 0.15) is 25.7 Å². The molecule has 2 rings (SSSR count). The van der Waals surface area contributed by atoms with E-state index in [0.717, 1.165) is 45.1 Å². The summed E-state index contributed by atoms with van der Waals surface area (Å²) < 4.78 is 42.7. The predicted octanol–water partition coefficient (Wildman–Crippen LogP) is 2.57. The summed E-state index contributed by atoms with van der Waals surface area (Å²) in [5.41, 5.74) is 0.210. The molecule has 0 aromatic heterocycles. The van der Waals surface area contributed by atoms with Gasteiger partial charge in [-0.1, -0.05) is 0 Å². The van der Waals surface area contributed by atoms with Gasteiger partial charge in [0.1, 0.15) is 0 Å². The van der Waals surface area contributed by atoms with E-state index in [9.17, 15) is 13.2 Å². The number of ether oxygens (including phenoxy) is 1. The lowest BCUT2D eigenvalue weighted by Crippen LogP contribution is -2.53. The Morgan fingerprint density at radius 2 is 2.04 bits per heavy atom. The molecule has 5 nitrogen and oxygen atoms in total. The van der Waals surface area contributed by atoms with Crippen molar-refractivity contribution in [2.45, 2.75) is 31.9 Å². The average molecular weight is 478 g/mol. The number of aliphatic imine (C=N–C) groups is 1. The van der Waals surface area contributed by atoms with Gasteiger partial charge in [0.15, 0.2) is 5.96 Å². The minimum atomic E-state index is -4.16. The summed E-state index contributed by atoms with van der Waals surface area (Å²) in [7, 11) is 3.20. The number of piperidine rings is 1. The van der Waals surface area contributed by atoms with Crippen molar-refractivity contribution in [3.05, 3.63) is 0 Å². The molecule has 2 saturated heterocycles. The number of hydrogen-bond donors (Lipinski definition) is 1. The van der Waals surface area contributed by atoms with Crippen molar-refractivity contribution in [3.63, 3.8) is 0 Å². The standard InChI is InChI=1S/C16H29F3N4O.HI/c1-20-14(21-7-9-22(2)12-16(17,18)19)23-8-3-5-15(11-23)6-4-10-24-13-15;/h3-13H2,1-2H3,(H,20,21);1H. The van der Waals surface area contributed by atoms with E-state index < -0.39 is 12.7 Å².